The second kappa shape index (κ2) is 6.75. The maximum absolute atomic E-state index is 12.3. The number of aryl methyl sites for hydroxylation is 1. The molecule has 1 unspecified atom stereocenters. The number of anilines is 1. The minimum absolute atomic E-state index is 0.0655. The number of nitrogens with one attached hydrogen (secondary N) is 1. The van der Waals surface area contributed by atoms with E-state index in [0.717, 1.165) is 16.8 Å². The number of nitrogens with zero attached hydrogens (tertiary/aromatic N) is 1. The molecule has 24 heavy (non-hydrogen) atoms. The Balaban J connectivity index is 1.65. The summed E-state index contributed by atoms with van der Waals surface area (Å²) in [5.41, 5.74) is 2.61. The number of carbonyl (C=O) groups is 1. The second-order valence-electron chi connectivity index (χ2n) is 6.10. The van der Waals surface area contributed by atoms with Crippen molar-refractivity contribution in [3.05, 3.63) is 65.7 Å². The van der Waals surface area contributed by atoms with Crippen LogP contribution < -0.4 is 9.62 Å². The molecule has 0 saturated carbocycles. The average molecular weight is 344 g/mol. The van der Waals surface area contributed by atoms with Crippen LogP contribution in [0.3, 0.4) is 0 Å². The molecule has 1 aliphatic heterocycles. The summed E-state index contributed by atoms with van der Waals surface area (Å²) in [5, 5.41) is 0. The van der Waals surface area contributed by atoms with E-state index in [1.807, 2.05) is 61.5 Å². The van der Waals surface area contributed by atoms with Gasteiger partial charge in [0.1, 0.15) is 0 Å². The van der Waals surface area contributed by atoms with Gasteiger partial charge in [0, 0.05) is 24.7 Å². The number of para-hydroxylation sites is 1. The summed E-state index contributed by atoms with van der Waals surface area (Å²) in [6.45, 7) is 2.31. The highest BCUT2D eigenvalue weighted by Crippen LogP contribution is 2.21. The van der Waals surface area contributed by atoms with E-state index in [1.165, 1.54) is 0 Å². The van der Waals surface area contributed by atoms with Crippen LogP contribution in [0.5, 0.6) is 0 Å². The minimum Gasteiger partial charge on any atom is -0.311 e. The third-order valence-corrected chi connectivity index (χ3v) is 5.42. The SMILES string of the molecule is Cc1ccc(CS(=O)(=O)NC2CC(=O)N(c3ccccc3)C2)cc1. The number of benzene rings is 2. The van der Waals surface area contributed by atoms with Gasteiger partial charge in [-0.2, -0.15) is 0 Å². The Hall–Kier alpha value is -2.18. The van der Waals surface area contributed by atoms with Crippen molar-refractivity contribution in [2.24, 2.45) is 0 Å². The van der Waals surface area contributed by atoms with Crippen molar-refractivity contribution in [3.8, 4) is 0 Å². The number of hydrogen-bond acceptors (Lipinski definition) is 3. The van der Waals surface area contributed by atoms with Gasteiger partial charge in [-0.3, -0.25) is 4.79 Å². The van der Waals surface area contributed by atoms with E-state index in [-0.39, 0.29) is 18.1 Å². The average Bonchev–Trinajstić information content (AvgIpc) is 2.90. The molecule has 1 N–H and O–H groups in total. The Morgan fingerprint density at radius 3 is 2.42 bits per heavy atom. The van der Waals surface area contributed by atoms with Gasteiger partial charge in [-0.1, -0.05) is 48.0 Å². The summed E-state index contributed by atoms with van der Waals surface area (Å²) < 4.78 is 27.4. The molecule has 1 aliphatic rings. The molecular weight excluding hydrogens is 324 g/mol. The van der Waals surface area contributed by atoms with Crippen molar-refractivity contribution in [1.82, 2.24) is 4.72 Å². The highest BCUT2D eigenvalue weighted by atomic mass is 32.2. The molecule has 0 bridgehead atoms. The molecule has 0 aromatic heterocycles. The monoisotopic (exact) mass is 344 g/mol. The highest BCUT2D eigenvalue weighted by molar-refractivity contribution is 7.88. The van der Waals surface area contributed by atoms with E-state index in [0.29, 0.717) is 6.54 Å². The molecule has 1 saturated heterocycles. The Morgan fingerprint density at radius 2 is 1.75 bits per heavy atom. The molecule has 2 aromatic rings. The van der Waals surface area contributed by atoms with Gasteiger partial charge in [0.2, 0.25) is 15.9 Å². The summed E-state index contributed by atoms with van der Waals surface area (Å²) in [6, 6.07) is 16.3. The lowest BCUT2D eigenvalue weighted by molar-refractivity contribution is -0.117. The zero-order valence-electron chi connectivity index (χ0n) is 13.5. The van der Waals surface area contributed by atoms with Crippen LogP contribution in [0.15, 0.2) is 54.6 Å². The molecule has 3 rings (SSSR count). The van der Waals surface area contributed by atoms with Gasteiger partial charge in [-0.05, 0) is 24.6 Å². The molecule has 1 amide bonds. The van der Waals surface area contributed by atoms with Gasteiger partial charge in [-0.25, -0.2) is 13.1 Å². The Bertz CT molecular complexity index is 817. The fraction of sp³-hybridized carbons (Fsp3) is 0.278. The highest BCUT2D eigenvalue weighted by Gasteiger charge is 2.33. The molecule has 6 heteroatoms. The first-order valence-corrected chi connectivity index (χ1v) is 9.49. The molecule has 0 spiro atoms. The Kier molecular flexibility index (Phi) is 4.69. The van der Waals surface area contributed by atoms with Crippen molar-refractivity contribution >= 4 is 21.6 Å². The lowest BCUT2D eigenvalue weighted by Crippen LogP contribution is -2.37. The van der Waals surface area contributed by atoms with E-state index >= 15 is 0 Å². The van der Waals surface area contributed by atoms with Crippen LogP contribution >= 0.6 is 0 Å². The Labute approximate surface area is 142 Å². The molecule has 1 fully saturated rings. The van der Waals surface area contributed by atoms with Gasteiger partial charge in [-0.15, -0.1) is 0 Å². The molecule has 0 aliphatic carbocycles. The van der Waals surface area contributed by atoms with Crippen LogP contribution in [0.4, 0.5) is 5.69 Å². The van der Waals surface area contributed by atoms with Crippen molar-refractivity contribution < 1.29 is 13.2 Å². The second-order valence-corrected chi connectivity index (χ2v) is 7.86. The van der Waals surface area contributed by atoms with Gasteiger partial charge in [0.15, 0.2) is 0 Å². The third kappa shape index (κ3) is 4.01. The molecule has 126 valence electrons. The maximum Gasteiger partial charge on any atom is 0.228 e. The molecule has 0 radical (unpaired) electrons. The Morgan fingerprint density at radius 1 is 1.08 bits per heavy atom. The van der Waals surface area contributed by atoms with E-state index in [4.69, 9.17) is 0 Å². The van der Waals surface area contributed by atoms with Crippen molar-refractivity contribution in [3.63, 3.8) is 0 Å². The van der Waals surface area contributed by atoms with Crippen molar-refractivity contribution in [1.29, 1.82) is 0 Å². The van der Waals surface area contributed by atoms with Crippen LogP contribution in [0.2, 0.25) is 0 Å². The predicted octanol–water partition coefficient (Wildman–Crippen LogP) is 2.22. The van der Waals surface area contributed by atoms with Crippen LogP contribution in [-0.2, 0) is 20.6 Å². The normalized spacial score (nSPS) is 18.1. The lowest BCUT2D eigenvalue weighted by Gasteiger charge is -2.17. The molecular formula is C18H20N2O3S. The first-order valence-electron chi connectivity index (χ1n) is 7.84. The minimum atomic E-state index is -3.49. The summed E-state index contributed by atoms with van der Waals surface area (Å²) in [6.07, 6.45) is 0.183. The van der Waals surface area contributed by atoms with Gasteiger partial charge < -0.3 is 4.90 Å². The number of rotatable bonds is 5. The van der Waals surface area contributed by atoms with Gasteiger partial charge >= 0.3 is 0 Å². The zero-order chi connectivity index (χ0) is 17.2. The van der Waals surface area contributed by atoms with Gasteiger partial charge in [0.05, 0.1) is 5.75 Å². The van der Waals surface area contributed by atoms with E-state index in [2.05, 4.69) is 4.72 Å². The van der Waals surface area contributed by atoms with E-state index < -0.39 is 16.1 Å². The van der Waals surface area contributed by atoms with Crippen LogP contribution in [0.25, 0.3) is 0 Å². The van der Waals surface area contributed by atoms with E-state index in [1.54, 1.807) is 4.90 Å². The number of carbonyl (C=O) groups excluding carboxylic acids is 1. The summed E-state index contributed by atoms with van der Waals surface area (Å²) in [4.78, 5) is 13.8. The molecule has 2 aromatic carbocycles. The van der Waals surface area contributed by atoms with E-state index in [9.17, 15) is 13.2 Å². The summed E-state index contributed by atoms with van der Waals surface area (Å²) in [7, 11) is -3.49. The quantitative estimate of drug-likeness (QED) is 0.904. The van der Waals surface area contributed by atoms with Crippen molar-refractivity contribution in [2.75, 3.05) is 11.4 Å². The fourth-order valence-electron chi connectivity index (χ4n) is 2.84. The number of sulfonamides is 1. The first kappa shape index (κ1) is 16.7. The van der Waals surface area contributed by atoms with Gasteiger partial charge in [0.25, 0.3) is 0 Å². The van der Waals surface area contributed by atoms with Crippen molar-refractivity contribution in [2.45, 2.75) is 25.1 Å². The maximum atomic E-state index is 12.3. The first-order chi connectivity index (χ1) is 11.4. The lowest BCUT2D eigenvalue weighted by atomic mass is 10.2. The summed E-state index contributed by atoms with van der Waals surface area (Å²) >= 11 is 0. The van der Waals surface area contributed by atoms with Crippen LogP contribution in [0, 0.1) is 6.92 Å². The predicted molar refractivity (Wildman–Crippen MR) is 94.1 cm³/mol. The molecule has 5 nitrogen and oxygen atoms in total. The molecule has 1 heterocycles. The number of hydrogen-bond donors (Lipinski definition) is 1. The number of amides is 1. The summed E-state index contributed by atoms with van der Waals surface area (Å²) in [5.74, 6) is -0.146. The zero-order valence-corrected chi connectivity index (χ0v) is 14.3. The fourth-order valence-corrected chi connectivity index (χ4v) is 4.22. The largest absolute Gasteiger partial charge is 0.311 e. The topological polar surface area (TPSA) is 66.5 Å². The molecule has 1 atom stereocenters. The standard InChI is InChI=1S/C18H20N2O3S/c1-14-7-9-15(10-8-14)13-24(22,23)19-16-11-18(21)20(12-16)17-5-3-2-4-6-17/h2-10,16,19H,11-13H2,1H3. The van der Waals surface area contributed by atoms with Crippen LogP contribution in [0.1, 0.15) is 17.5 Å². The van der Waals surface area contributed by atoms with Crippen LogP contribution in [-0.4, -0.2) is 26.9 Å². The third-order valence-electron chi connectivity index (χ3n) is 4.02. The smallest absolute Gasteiger partial charge is 0.228 e.